The Morgan fingerprint density at radius 2 is 1.86 bits per heavy atom. The number of carbonyl (C=O) groups is 1. The number of benzene rings is 2. The van der Waals surface area contributed by atoms with Crippen molar-refractivity contribution in [2.45, 2.75) is 18.4 Å². The zero-order chi connectivity index (χ0) is 20.3. The summed E-state index contributed by atoms with van der Waals surface area (Å²) in [5, 5.41) is 8.49. The van der Waals surface area contributed by atoms with Gasteiger partial charge in [-0.15, -0.1) is 0 Å². The molecule has 1 amide bonds. The topological polar surface area (TPSA) is 129 Å². The lowest BCUT2D eigenvalue weighted by molar-refractivity contribution is -0.123. The van der Waals surface area contributed by atoms with Crippen LogP contribution in [0.25, 0.3) is 11.0 Å². The minimum absolute atomic E-state index is 0.00380. The minimum Gasteiger partial charge on any atom is -0.484 e. The van der Waals surface area contributed by atoms with Crippen molar-refractivity contribution in [3.8, 4) is 5.75 Å². The first-order valence-electron chi connectivity index (χ1n) is 8.28. The Bertz CT molecular complexity index is 1180. The highest BCUT2D eigenvalue weighted by Crippen LogP contribution is 2.22. The van der Waals surface area contributed by atoms with E-state index in [9.17, 15) is 18.0 Å². The number of nitrogens with one attached hydrogen (secondary N) is 1. The Morgan fingerprint density at radius 3 is 2.54 bits per heavy atom. The number of amides is 1. The van der Waals surface area contributed by atoms with Crippen molar-refractivity contribution in [3.05, 3.63) is 70.1 Å². The number of rotatable bonds is 6. The maximum Gasteiger partial charge on any atom is 0.336 e. The summed E-state index contributed by atoms with van der Waals surface area (Å²) in [4.78, 5) is 23.4. The van der Waals surface area contributed by atoms with Crippen LogP contribution in [0, 0.1) is 6.92 Å². The van der Waals surface area contributed by atoms with Crippen LogP contribution in [-0.2, 0) is 21.4 Å². The van der Waals surface area contributed by atoms with Gasteiger partial charge in [-0.25, -0.2) is 18.4 Å². The van der Waals surface area contributed by atoms with E-state index in [1.807, 2.05) is 6.92 Å². The molecule has 1 heterocycles. The van der Waals surface area contributed by atoms with E-state index < -0.39 is 15.6 Å². The van der Waals surface area contributed by atoms with Crippen LogP contribution < -0.4 is 20.8 Å². The highest BCUT2D eigenvalue weighted by atomic mass is 32.2. The molecule has 3 aromatic rings. The molecule has 3 N–H and O–H groups in total. The van der Waals surface area contributed by atoms with Gasteiger partial charge in [-0.2, -0.15) is 0 Å². The Kier molecular flexibility index (Phi) is 5.48. The Balaban J connectivity index is 1.57. The number of sulfonamides is 1. The highest BCUT2D eigenvalue weighted by Gasteiger charge is 2.09. The maximum atomic E-state index is 12.0. The third-order valence-corrected chi connectivity index (χ3v) is 4.96. The molecule has 0 aliphatic rings. The zero-order valence-corrected chi connectivity index (χ0v) is 15.8. The summed E-state index contributed by atoms with van der Waals surface area (Å²) in [6, 6.07) is 12.3. The van der Waals surface area contributed by atoms with Crippen LogP contribution in [0.4, 0.5) is 0 Å². The molecule has 146 valence electrons. The quantitative estimate of drug-likeness (QED) is 0.601. The van der Waals surface area contributed by atoms with Gasteiger partial charge in [-0.1, -0.05) is 12.1 Å². The summed E-state index contributed by atoms with van der Waals surface area (Å²) < 4.78 is 33.0. The molecular weight excluding hydrogens is 384 g/mol. The second-order valence-electron chi connectivity index (χ2n) is 6.16. The van der Waals surface area contributed by atoms with Crippen molar-refractivity contribution in [3.63, 3.8) is 0 Å². The molecule has 0 bridgehead atoms. The van der Waals surface area contributed by atoms with Gasteiger partial charge in [0.25, 0.3) is 5.91 Å². The van der Waals surface area contributed by atoms with E-state index in [4.69, 9.17) is 14.3 Å². The molecular formula is C19H18N2O6S. The number of ether oxygens (including phenoxy) is 1. The maximum absolute atomic E-state index is 12.0. The lowest BCUT2D eigenvalue weighted by Crippen LogP contribution is -2.28. The minimum atomic E-state index is -3.75. The molecule has 0 spiro atoms. The molecule has 0 saturated carbocycles. The first kappa shape index (κ1) is 19.6. The number of nitrogens with two attached hydrogens (primary N) is 1. The van der Waals surface area contributed by atoms with Crippen LogP contribution >= 0.6 is 0 Å². The Labute approximate surface area is 161 Å². The predicted molar refractivity (Wildman–Crippen MR) is 102 cm³/mol. The molecule has 0 radical (unpaired) electrons. The van der Waals surface area contributed by atoms with E-state index >= 15 is 0 Å². The highest BCUT2D eigenvalue weighted by molar-refractivity contribution is 7.89. The van der Waals surface area contributed by atoms with Gasteiger partial charge >= 0.3 is 5.63 Å². The largest absolute Gasteiger partial charge is 0.484 e. The summed E-state index contributed by atoms with van der Waals surface area (Å²) in [6.45, 7) is 1.79. The van der Waals surface area contributed by atoms with E-state index in [0.717, 1.165) is 10.9 Å². The summed E-state index contributed by atoms with van der Waals surface area (Å²) in [6.07, 6.45) is 0. The van der Waals surface area contributed by atoms with Crippen molar-refractivity contribution in [1.82, 2.24) is 5.32 Å². The van der Waals surface area contributed by atoms with Crippen molar-refractivity contribution in [1.29, 1.82) is 0 Å². The Hall–Kier alpha value is -3.17. The average molecular weight is 402 g/mol. The second kappa shape index (κ2) is 7.83. The molecule has 1 aromatic heterocycles. The van der Waals surface area contributed by atoms with Gasteiger partial charge in [0.1, 0.15) is 11.3 Å². The molecule has 3 rings (SSSR count). The van der Waals surface area contributed by atoms with E-state index in [1.54, 1.807) is 30.3 Å². The summed E-state index contributed by atoms with van der Waals surface area (Å²) in [5.74, 6) is 0.0372. The van der Waals surface area contributed by atoms with Gasteiger partial charge < -0.3 is 14.5 Å². The molecule has 9 heteroatoms. The molecule has 0 fully saturated rings. The number of hydrogen-bond acceptors (Lipinski definition) is 6. The fraction of sp³-hybridized carbons (Fsp3) is 0.158. The number of aryl methyl sites for hydroxylation is 1. The van der Waals surface area contributed by atoms with Crippen LogP contribution in [-0.4, -0.2) is 20.9 Å². The number of carbonyl (C=O) groups excluding carboxylic acids is 1. The lowest BCUT2D eigenvalue weighted by atomic mass is 10.1. The van der Waals surface area contributed by atoms with Gasteiger partial charge in [0, 0.05) is 24.1 Å². The van der Waals surface area contributed by atoms with Crippen molar-refractivity contribution >= 4 is 26.9 Å². The SMILES string of the molecule is Cc1cc(=O)oc2cc(OCC(=O)NCc3ccc(S(N)(=O)=O)cc3)ccc12. The molecule has 2 aromatic carbocycles. The third-order valence-electron chi connectivity index (χ3n) is 4.03. The Morgan fingerprint density at radius 1 is 1.14 bits per heavy atom. The molecule has 0 atom stereocenters. The van der Waals surface area contributed by atoms with E-state index in [1.165, 1.54) is 18.2 Å². The first-order chi connectivity index (χ1) is 13.2. The van der Waals surface area contributed by atoms with Gasteiger partial charge in [0.15, 0.2) is 6.61 Å². The van der Waals surface area contributed by atoms with E-state index in [0.29, 0.717) is 16.9 Å². The van der Waals surface area contributed by atoms with Crippen LogP contribution in [0.15, 0.2) is 62.6 Å². The zero-order valence-electron chi connectivity index (χ0n) is 15.0. The number of fused-ring (bicyclic) bond motifs is 1. The lowest BCUT2D eigenvalue weighted by Gasteiger charge is -2.09. The third kappa shape index (κ3) is 4.76. The molecule has 28 heavy (non-hydrogen) atoms. The van der Waals surface area contributed by atoms with E-state index in [2.05, 4.69) is 5.32 Å². The van der Waals surface area contributed by atoms with Gasteiger partial charge in [-0.3, -0.25) is 4.79 Å². The first-order valence-corrected chi connectivity index (χ1v) is 9.83. The van der Waals surface area contributed by atoms with Crippen molar-refractivity contribution < 1.29 is 22.4 Å². The molecule has 8 nitrogen and oxygen atoms in total. The monoisotopic (exact) mass is 402 g/mol. The molecule has 0 aliphatic carbocycles. The van der Waals surface area contributed by atoms with Crippen molar-refractivity contribution in [2.75, 3.05) is 6.61 Å². The van der Waals surface area contributed by atoms with Gasteiger partial charge in [-0.05, 0) is 42.3 Å². The number of hydrogen-bond donors (Lipinski definition) is 2. The van der Waals surface area contributed by atoms with Crippen LogP contribution in [0.1, 0.15) is 11.1 Å². The van der Waals surface area contributed by atoms with Crippen molar-refractivity contribution in [2.24, 2.45) is 5.14 Å². The summed E-state index contributed by atoms with van der Waals surface area (Å²) >= 11 is 0. The second-order valence-corrected chi connectivity index (χ2v) is 7.72. The van der Waals surface area contributed by atoms with Gasteiger partial charge in [0.05, 0.1) is 4.90 Å². The van der Waals surface area contributed by atoms with Crippen LogP contribution in [0.2, 0.25) is 0 Å². The predicted octanol–water partition coefficient (Wildman–Crippen LogP) is 1.44. The molecule has 0 saturated heterocycles. The standard InChI is InChI=1S/C19H18N2O6S/c1-12-8-19(23)27-17-9-14(4-7-16(12)17)26-11-18(22)21-10-13-2-5-15(6-3-13)28(20,24)25/h2-9H,10-11H2,1H3,(H,21,22)(H2,20,24,25). The molecule has 0 aliphatic heterocycles. The van der Waals surface area contributed by atoms with Crippen LogP contribution in [0.5, 0.6) is 5.75 Å². The van der Waals surface area contributed by atoms with Gasteiger partial charge in [0.2, 0.25) is 10.0 Å². The normalized spacial score (nSPS) is 11.4. The molecule has 0 unspecified atom stereocenters. The summed E-state index contributed by atoms with van der Waals surface area (Å²) in [7, 11) is -3.75. The number of primary sulfonamides is 1. The van der Waals surface area contributed by atoms with Crippen LogP contribution in [0.3, 0.4) is 0 Å². The fourth-order valence-electron chi connectivity index (χ4n) is 2.59. The average Bonchev–Trinajstić information content (AvgIpc) is 2.64. The summed E-state index contributed by atoms with van der Waals surface area (Å²) in [5.41, 5.74) is 1.44. The fourth-order valence-corrected chi connectivity index (χ4v) is 3.11. The van der Waals surface area contributed by atoms with E-state index in [-0.39, 0.29) is 24.0 Å². The smallest absolute Gasteiger partial charge is 0.336 e.